The van der Waals surface area contributed by atoms with E-state index in [4.69, 9.17) is 4.74 Å². The molecule has 1 aliphatic rings. The Balaban J connectivity index is 1.62. The summed E-state index contributed by atoms with van der Waals surface area (Å²) in [5.74, 6) is 3.63. The Kier molecular flexibility index (Phi) is 7.17. The zero-order chi connectivity index (χ0) is 26.1. The smallest absolute Gasteiger partial charge is 0.405 e. The van der Waals surface area contributed by atoms with Gasteiger partial charge in [-0.3, -0.25) is 4.79 Å². The van der Waals surface area contributed by atoms with Crippen LogP contribution in [0, 0.1) is 11.6 Å². The van der Waals surface area contributed by atoms with Gasteiger partial charge in [0.15, 0.2) is 6.10 Å². The number of amides is 1. The number of hydrogen-bond donors (Lipinski definition) is 1. The summed E-state index contributed by atoms with van der Waals surface area (Å²) < 4.78 is 76.4. The largest absolute Gasteiger partial charge is 0.480 e. The van der Waals surface area contributed by atoms with E-state index in [2.05, 4.69) is 20.2 Å². The molecule has 192 valence electrons. The molecule has 1 aliphatic heterocycles. The highest BCUT2D eigenvalue weighted by Gasteiger charge is 2.29. The zero-order valence-corrected chi connectivity index (χ0v) is 20.1. The standard InChI is InChI=1S/C24H23F5N4O2S/c1-14(23(34)30-12-24(27,28)29)35-21-9-16(25)5-4-15(21)8-19-22-18(26)10-17(11-20(22)32-13-31-19)33-36(2)6-3-7-36/h4-5,9-11,13-14H,2-3,6-8,12H2,1H3,(H,30,34)/t14-/m1/s1. The van der Waals surface area contributed by atoms with Crippen LogP contribution < -0.4 is 10.1 Å². The molecule has 3 aromatic rings. The van der Waals surface area contributed by atoms with Gasteiger partial charge >= 0.3 is 6.18 Å². The lowest BCUT2D eigenvalue weighted by molar-refractivity contribution is -0.142. The Morgan fingerprint density at radius 1 is 1.22 bits per heavy atom. The van der Waals surface area contributed by atoms with Gasteiger partial charge in [0, 0.05) is 24.1 Å². The third-order valence-electron chi connectivity index (χ3n) is 5.62. The fourth-order valence-electron chi connectivity index (χ4n) is 3.71. The molecule has 4 rings (SSSR count). The van der Waals surface area contributed by atoms with E-state index in [-0.39, 0.29) is 23.3 Å². The summed E-state index contributed by atoms with van der Waals surface area (Å²) in [5.41, 5.74) is 1.44. The van der Waals surface area contributed by atoms with Gasteiger partial charge < -0.3 is 10.1 Å². The first-order valence-corrected chi connectivity index (χ1v) is 13.1. The van der Waals surface area contributed by atoms with Crippen LogP contribution in [-0.4, -0.2) is 52.1 Å². The Morgan fingerprint density at radius 2 is 1.97 bits per heavy atom. The Bertz CT molecular complexity index is 1420. The molecule has 0 unspecified atom stereocenters. The highest BCUT2D eigenvalue weighted by Crippen LogP contribution is 2.31. The topological polar surface area (TPSA) is 76.5 Å². The third kappa shape index (κ3) is 6.10. The minimum absolute atomic E-state index is 0.0105. The summed E-state index contributed by atoms with van der Waals surface area (Å²) in [6, 6.07) is 6.52. The number of carbonyl (C=O) groups excluding carboxylic acids is 1. The van der Waals surface area contributed by atoms with Crippen molar-refractivity contribution in [2.75, 3.05) is 18.1 Å². The number of halogens is 5. The first kappa shape index (κ1) is 25.8. The van der Waals surface area contributed by atoms with Gasteiger partial charge in [-0.2, -0.15) is 13.2 Å². The zero-order valence-electron chi connectivity index (χ0n) is 19.2. The van der Waals surface area contributed by atoms with Gasteiger partial charge in [0.05, 0.1) is 22.3 Å². The normalized spacial score (nSPS) is 15.7. The maximum absolute atomic E-state index is 15.2. The molecule has 1 fully saturated rings. The fourth-order valence-corrected chi connectivity index (χ4v) is 5.40. The van der Waals surface area contributed by atoms with E-state index in [0.29, 0.717) is 16.8 Å². The molecule has 2 heterocycles. The number of carbonyl (C=O) groups is 1. The lowest BCUT2D eigenvalue weighted by atomic mass is 10.0. The van der Waals surface area contributed by atoms with Crippen LogP contribution in [0.25, 0.3) is 10.9 Å². The second kappa shape index (κ2) is 10.00. The summed E-state index contributed by atoms with van der Waals surface area (Å²) in [7, 11) is -1.36. The van der Waals surface area contributed by atoms with E-state index in [1.54, 1.807) is 11.4 Å². The average molecular weight is 527 g/mol. The summed E-state index contributed by atoms with van der Waals surface area (Å²) in [6.07, 6.45) is -3.62. The Morgan fingerprint density at radius 3 is 2.64 bits per heavy atom. The van der Waals surface area contributed by atoms with Crippen LogP contribution in [0.15, 0.2) is 41.0 Å². The maximum Gasteiger partial charge on any atom is 0.405 e. The van der Waals surface area contributed by atoms with Crippen molar-refractivity contribution in [3.05, 3.63) is 59.6 Å². The Labute approximate surface area is 204 Å². The molecule has 1 atom stereocenters. The minimum atomic E-state index is -4.59. The van der Waals surface area contributed by atoms with Crippen molar-refractivity contribution in [3.63, 3.8) is 0 Å². The van der Waals surface area contributed by atoms with Crippen LogP contribution in [0.4, 0.5) is 27.6 Å². The SMILES string of the molecule is C=S1(=Nc2cc(F)c3c(Cc4ccc(F)cc4O[C@H](C)C(=O)NCC(F)(F)F)ncnc3c2)CCC1. The van der Waals surface area contributed by atoms with E-state index < -0.39 is 45.8 Å². The number of fused-ring (bicyclic) bond motifs is 1. The number of alkyl halides is 3. The quantitative estimate of drug-likeness (QED) is 0.356. The van der Waals surface area contributed by atoms with Crippen LogP contribution >= 0.6 is 0 Å². The highest BCUT2D eigenvalue weighted by atomic mass is 32.2. The number of aromatic nitrogens is 2. The number of rotatable bonds is 7. The predicted molar refractivity (Wildman–Crippen MR) is 129 cm³/mol. The molecule has 2 aromatic carbocycles. The summed E-state index contributed by atoms with van der Waals surface area (Å²) in [6.45, 7) is -0.280. The molecule has 0 spiro atoms. The number of nitrogens with one attached hydrogen (secondary N) is 1. The average Bonchev–Trinajstić information content (AvgIpc) is 2.77. The first-order chi connectivity index (χ1) is 16.9. The molecule has 1 N–H and O–H groups in total. The lowest BCUT2D eigenvalue weighted by Crippen LogP contribution is -2.41. The van der Waals surface area contributed by atoms with Crippen LogP contribution in [-0.2, 0) is 20.6 Å². The molecule has 36 heavy (non-hydrogen) atoms. The molecular formula is C24H23F5N4O2S. The molecule has 1 amide bonds. The number of ether oxygens (including phenoxy) is 1. The number of nitrogens with zero attached hydrogens (tertiary/aromatic N) is 3. The number of hydrogen-bond acceptors (Lipinski definition) is 5. The van der Waals surface area contributed by atoms with Crippen molar-refractivity contribution in [1.29, 1.82) is 0 Å². The molecule has 1 aromatic heterocycles. The van der Waals surface area contributed by atoms with Crippen molar-refractivity contribution in [2.45, 2.75) is 32.0 Å². The summed E-state index contributed by atoms with van der Waals surface area (Å²) >= 11 is 0. The molecule has 6 nitrogen and oxygen atoms in total. The van der Waals surface area contributed by atoms with E-state index in [9.17, 15) is 22.4 Å². The van der Waals surface area contributed by atoms with Gasteiger partial charge in [-0.1, -0.05) is 11.9 Å². The van der Waals surface area contributed by atoms with E-state index in [0.717, 1.165) is 30.1 Å². The highest BCUT2D eigenvalue weighted by molar-refractivity contribution is 8.03. The molecule has 0 saturated carbocycles. The third-order valence-corrected chi connectivity index (χ3v) is 8.32. The Hall–Kier alpha value is -3.28. The molecule has 0 radical (unpaired) electrons. The monoisotopic (exact) mass is 526 g/mol. The van der Waals surface area contributed by atoms with Gasteiger partial charge in [-0.05, 0) is 37.0 Å². The predicted octanol–water partition coefficient (Wildman–Crippen LogP) is 4.75. The molecule has 12 heteroatoms. The maximum atomic E-state index is 15.2. The van der Waals surface area contributed by atoms with Crippen molar-refractivity contribution < 1.29 is 31.5 Å². The molecule has 1 saturated heterocycles. The van der Waals surface area contributed by atoms with Gasteiger partial charge in [0.2, 0.25) is 0 Å². The minimum Gasteiger partial charge on any atom is -0.480 e. The molecule has 0 aliphatic carbocycles. The molecular weight excluding hydrogens is 503 g/mol. The van der Waals surface area contributed by atoms with Crippen LogP contribution in [0.3, 0.4) is 0 Å². The number of benzene rings is 2. The van der Waals surface area contributed by atoms with Gasteiger partial charge in [-0.15, -0.1) is 9.41 Å². The van der Waals surface area contributed by atoms with Crippen molar-refractivity contribution in [2.24, 2.45) is 4.36 Å². The van der Waals surface area contributed by atoms with E-state index in [1.165, 1.54) is 25.4 Å². The summed E-state index contributed by atoms with van der Waals surface area (Å²) in [4.78, 5) is 20.4. The molecule has 0 bridgehead atoms. The van der Waals surface area contributed by atoms with Crippen LogP contribution in [0.1, 0.15) is 24.6 Å². The first-order valence-electron chi connectivity index (χ1n) is 11.0. The van der Waals surface area contributed by atoms with Gasteiger partial charge in [-0.25, -0.2) is 23.1 Å². The van der Waals surface area contributed by atoms with Crippen molar-refractivity contribution in [1.82, 2.24) is 15.3 Å². The van der Waals surface area contributed by atoms with E-state index in [1.807, 2.05) is 0 Å². The van der Waals surface area contributed by atoms with Crippen LogP contribution in [0.2, 0.25) is 0 Å². The van der Waals surface area contributed by atoms with E-state index >= 15 is 4.39 Å². The van der Waals surface area contributed by atoms with Crippen molar-refractivity contribution in [3.8, 4) is 5.75 Å². The van der Waals surface area contributed by atoms with Crippen molar-refractivity contribution >= 4 is 37.8 Å². The fraction of sp³-hybridized carbons (Fsp3) is 0.333. The summed E-state index contributed by atoms with van der Waals surface area (Å²) in [5, 5.41) is 1.88. The van der Waals surface area contributed by atoms with Crippen LogP contribution in [0.5, 0.6) is 5.75 Å². The van der Waals surface area contributed by atoms with Gasteiger partial charge in [0.25, 0.3) is 5.91 Å². The lowest BCUT2D eigenvalue weighted by Gasteiger charge is -2.24. The second-order valence-corrected chi connectivity index (χ2v) is 11.5. The van der Waals surface area contributed by atoms with Gasteiger partial charge in [0.1, 0.15) is 30.3 Å². The second-order valence-electron chi connectivity index (χ2n) is 8.52.